The van der Waals surface area contributed by atoms with Crippen LogP contribution in [0.15, 0.2) is 35.8 Å². The minimum atomic E-state index is -0.474. The monoisotopic (exact) mass is 290 g/mol. The molecule has 0 saturated carbocycles. The van der Waals surface area contributed by atoms with Crippen LogP contribution in [0.4, 0.5) is 0 Å². The Morgan fingerprint density at radius 2 is 2.05 bits per heavy atom. The molecule has 2 unspecified atom stereocenters. The number of rotatable bonds is 5. The third-order valence-corrected chi connectivity index (χ3v) is 4.28. The van der Waals surface area contributed by atoms with Crippen molar-refractivity contribution in [1.29, 1.82) is 0 Å². The molecule has 20 heavy (non-hydrogen) atoms. The molecule has 0 aliphatic rings. The van der Waals surface area contributed by atoms with Crippen molar-refractivity contribution in [2.75, 3.05) is 7.11 Å². The van der Waals surface area contributed by atoms with Crippen molar-refractivity contribution >= 4 is 17.3 Å². The van der Waals surface area contributed by atoms with E-state index in [4.69, 9.17) is 4.74 Å². The molecule has 2 aromatic rings. The zero-order valence-corrected chi connectivity index (χ0v) is 12.6. The van der Waals surface area contributed by atoms with Gasteiger partial charge in [-0.15, -0.1) is 11.3 Å². The Bertz CT molecular complexity index is 568. The molecule has 0 fully saturated rings. The molecule has 0 spiro atoms. The largest absolute Gasteiger partial charge is 0.468 e. The quantitative estimate of drug-likeness (QED) is 0.860. The summed E-state index contributed by atoms with van der Waals surface area (Å²) in [6.07, 6.45) is 0. The first-order valence-electron chi connectivity index (χ1n) is 6.42. The number of aromatic nitrogens is 1. The number of aryl methyl sites for hydroxylation is 1. The van der Waals surface area contributed by atoms with E-state index < -0.39 is 6.04 Å². The van der Waals surface area contributed by atoms with E-state index in [1.807, 2.05) is 49.7 Å². The third kappa shape index (κ3) is 3.23. The lowest BCUT2D eigenvalue weighted by Crippen LogP contribution is -2.31. The number of benzene rings is 1. The topological polar surface area (TPSA) is 51.2 Å². The number of esters is 1. The summed E-state index contributed by atoms with van der Waals surface area (Å²) in [6, 6.07) is 9.14. The number of hydrogen-bond acceptors (Lipinski definition) is 5. The number of hydrogen-bond donors (Lipinski definition) is 1. The van der Waals surface area contributed by atoms with Gasteiger partial charge >= 0.3 is 5.97 Å². The highest BCUT2D eigenvalue weighted by Crippen LogP contribution is 2.25. The lowest BCUT2D eigenvalue weighted by Gasteiger charge is -2.21. The van der Waals surface area contributed by atoms with Gasteiger partial charge in [-0.05, 0) is 19.4 Å². The van der Waals surface area contributed by atoms with E-state index in [2.05, 4.69) is 10.3 Å². The zero-order valence-electron chi connectivity index (χ0n) is 11.8. The fourth-order valence-corrected chi connectivity index (χ4v) is 2.94. The second kappa shape index (κ2) is 6.63. The lowest BCUT2D eigenvalue weighted by atomic mass is 10.1. The van der Waals surface area contributed by atoms with Crippen LogP contribution in [0.2, 0.25) is 0 Å². The smallest absolute Gasteiger partial charge is 0.327 e. The van der Waals surface area contributed by atoms with E-state index in [0.717, 1.165) is 16.1 Å². The SMILES string of the molecule is COC(=O)C(NC(C)c1scnc1C)c1ccccc1. The second-order valence-corrected chi connectivity index (χ2v) is 5.44. The molecule has 0 radical (unpaired) electrons. The summed E-state index contributed by atoms with van der Waals surface area (Å²) in [5.74, 6) is -0.287. The van der Waals surface area contributed by atoms with Crippen molar-refractivity contribution in [1.82, 2.24) is 10.3 Å². The number of carbonyl (C=O) groups excluding carboxylic acids is 1. The number of carbonyl (C=O) groups is 1. The van der Waals surface area contributed by atoms with Crippen LogP contribution in [-0.2, 0) is 9.53 Å². The van der Waals surface area contributed by atoms with Gasteiger partial charge in [-0.3, -0.25) is 5.32 Å². The summed E-state index contributed by atoms with van der Waals surface area (Å²) in [4.78, 5) is 17.4. The van der Waals surface area contributed by atoms with Crippen LogP contribution in [-0.4, -0.2) is 18.1 Å². The highest BCUT2D eigenvalue weighted by Gasteiger charge is 2.24. The average Bonchev–Trinajstić information content (AvgIpc) is 2.91. The Morgan fingerprint density at radius 1 is 1.35 bits per heavy atom. The van der Waals surface area contributed by atoms with Gasteiger partial charge in [-0.1, -0.05) is 30.3 Å². The number of thiazole rings is 1. The fraction of sp³-hybridized carbons (Fsp3) is 0.333. The Morgan fingerprint density at radius 3 is 2.60 bits per heavy atom. The lowest BCUT2D eigenvalue weighted by molar-refractivity contribution is -0.143. The molecule has 1 aromatic carbocycles. The summed E-state index contributed by atoms with van der Waals surface area (Å²) < 4.78 is 4.90. The second-order valence-electron chi connectivity index (χ2n) is 4.56. The normalized spacial score (nSPS) is 13.8. The summed E-state index contributed by atoms with van der Waals surface area (Å²) in [6.45, 7) is 4.00. The number of nitrogens with zero attached hydrogens (tertiary/aromatic N) is 1. The molecular weight excluding hydrogens is 272 g/mol. The molecular formula is C15H18N2O2S. The van der Waals surface area contributed by atoms with E-state index in [0.29, 0.717) is 0 Å². The van der Waals surface area contributed by atoms with Gasteiger partial charge < -0.3 is 4.74 Å². The van der Waals surface area contributed by atoms with Crippen molar-refractivity contribution in [2.24, 2.45) is 0 Å². The van der Waals surface area contributed by atoms with Crippen molar-refractivity contribution in [3.63, 3.8) is 0 Å². The summed E-state index contributed by atoms with van der Waals surface area (Å²) in [5.41, 5.74) is 3.71. The van der Waals surface area contributed by atoms with Gasteiger partial charge in [-0.2, -0.15) is 0 Å². The Labute approximate surface area is 122 Å². The standard InChI is InChI=1S/C15H18N2O2S/c1-10-14(20-9-16-10)11(2)17-13(15(18)19-3)12-7-5-4-6-8-12/h4-9,11,13,17H,1-3H3. The maximum Gasteiger partial charge on any atom is 0.327 e. The molecule has 106 valence electrons. The first-order valence-corrected chi connectivity index (χ1v) is 7.30. The Balaban J connectivity index is 2.21. The average molecular weight is 290 g/mol. The predicted molar refractivity (Wildman–Crippen MR) is 79.6 cm³/mol. The summed E-state index contributed by atoms with van der Waals surface area (Å²) in [7, 11) is 1.41. The molecule has 2 rings (SSSR count). The maximum atomic E-state index is 12.0. The molecule has 0 amide bonds. The molecule has 4 nitrogen and oxygen atoms in total. The minimum Gasteiger partial charge on any atom is -0.468 e. The summed E-state index contributed by atoms with van der Waals surface area (Å²) >= 11 is 1.59. The molecule has 0 aliphatic heterocycles. The van der Waals surface area contributed by atoms with Gasteiger partial charge in [0.25, 0.3) is 0 Å². The van der Waals surface area contributed by atoms with Crippen molar-refractivity contribution < 1.29 is 9.53 Å². The molecule has 2 atom stereocenters. The summed E-state index contributed by atoms with van der Waals surface area (Å²) in [5, 5.41) is 3.32. The van der Waals surface area contributed by atoms with Gasteiger partial charge in [0.1, 0.15) is 6.04 Å². The molecule has 0 bridgehead atoms. The van der Waals surface area contributed by atoms with Gasteiger partial charge in [0.05, 0.1) is 18.3 Å². The van der Waals surface area contributed by atoms with Crippen LogP contribution in [0.1, 0.15) is 35.1 Å². The number of ether oxygens (including phenoxy) is 1. The predicted octanol–water partition coefficient (Wildman–Crippen LogP) is 3.02. The van der Waals surface area contributed by atoms with Gasteiger partial charge in [0.2, 0.25) is 0 Å². The van der Waals surface area contributed by atoms with E-state index in [9.17, 15) is 4.79 Å². The van der Waals surface area contributed by atoms with Crippen LogP contribution in [0.5, 0.6) is 0 Å². The van der Waals surface area contributed by atoms with Gasteiger partial charge in [0, 0.05) is 10.9 Å². The van der Waals surface area contributed by atoms with Crippen LogP contribution < -0.4 is 5.32 Å². The number of methoxy groups -OCH3 is 1. The molecule has 0 aliphatic carbocycles. The third-order valence-electron chi connectivity index (χ3n) is 3.16. The van der Waals surface area contributed by atoms with Crippen LogP contribution in [0.25, 0.3) is 0 Å². The van der Waals surface area contributed by atoms with Crippen molar-refractivity contribution in [3.8, 4) is 0 Å². The molecule has 5 heteroatoms. The molecule has 0 saturated heterocycles. The van der Waals surface area contributed by atoms with Crippen molar-refractivity contribution in [3.05, 3.63) is 52.0 Å². The van der Waals surface area contributed by atoms with Gasteiger partial charge in [-0.25, -0.2) is 9.78 Å². The Hall–Kier alpha value is -1.72. The minimum absolute atomic E-state index is 0.0341. The van der Waals surface area contributed by atoms with Crippen LogP contribution >= 0.6 is 11.3 Å². The van der Waals surface area contributed by atoms with E-state index in [-0.39, 0.29) is 12.0 Å². The fourth-order valence-electron chi connectivity index (χ4n) is 2.12. The number of nitrogens with one attached hydrogen (secondary N) is 1. The Kier molecular flexibility index (Phi) is 4.87. The zero-order chi connectivity index (χ0) is 14.5. The molecule has 1 heterocycles. The first kappa shape index (κ1) is 14.7. The van der Waals surface area contributed by atoms with Crippen LogP contribution in [0.3, 0.4) is 0 Å². The van der Waals surface area contributed by atoms with Gasteiger partial charge in [0.15, 0.2) is 0 Å². The van der Waals surface area contributed by atoms with E-state index >= 15 is 0 Å². The van der Waals surface area contributed by atoms with E-state index in [1.165, 1.54) is 7.11 Å². The molecule has 1 N–H and O–H groups in total. The maximum absolute atomic E-state index is 12.0. The van der Waals surface area contributed by atoms with Crippen LogP contribution in [0, 0.1) is 6.92 Å². The molecule has 1 aromatic heterocycles. The highest BCUT2D eigenvalue weighted by molar-refractivity contribution is 7.09. The van der Waals surface area contributed by atoms with Crippen molar-refractivity contribution in [2.45, 2.75) is 25.9 Å². The highest BCUT2D eigenvalue weighted by atomic mass is 32.1. The first-order chi connectivity index (χ1) is 9.63. The van der Waals surface area contributed by atoms with E-state index in [1.54, 1.807) is 11.3 Å².